The first-order chi connectivity index (χ1) is 11.5. The van der Waals surface area contributed by atoms with Gasteiger partial charge in [-0.3, -0.25) is 14.4 Å². The highest BCUT2D eigenvalue weighted by Gasteiger charge is 2.34. The van der Waals surface area contributed by atoms with Gasteiger partial charge >= 0.3 is 0 Å². The lowest BCUT2D eigenvalue weighted by atomic mass is 10.0. The normalized spacial score (nSPS) is 16.9. The molecule has 2 amide bonds. The first-order valence-electron chi connectivity index (χ1n) is 8.17. The molecule has 1 fully saturated rings. The topological polar surface area (TPSA) is 57.7 Å². The highest BCUT2D eigenvalue weighted by molar-refractivity contribution is 7.99. The van der Waals surface area contributed by atoms with Crippen molar-refractivity contribution < 1.29 is 14.4 Å². The van der Waals surface area contributed by atoms with Crippen LogP contribution in [-0.4, -0.2) is 59.2 Å². The van der Waals surface area contributed by atoms with Gasteiger partial charge in [-0.1, -0.05) is 30.3 Å². The number of likely N-dealkylation sites (N-methyl/N-ethyl adjacent to an activating group) is 1. The summed E-state index contributed by atoms with van der Waals surface area (Å²) in [4.78, 5) is 39.7. The molecule has 1 aromatic rings. The third kappa shape index (κ3) is 4.84. The number of Topliss-reactive ketones (excluding diaryl/α,β-unsaturated/α-hetero) is 1. The second-order valence-corrected chi connectivity index (χ2v) is 7.11. The highest BCUT2D eigenvalue weighted by atomic mass is 32.2. The molecular formula is C18H24N2O3S. The number of carbonyl (C=O) groups is 3. The van der Waals surface area contributed by atoms with Crippen LogP contribution < -0.4 is 0 Å². The van der Waals surface area contributed by atoms with Crippen molar-refractivity contribution >= 4 is 29.4 Å². The van der Waals surface area contributed by atoms with E-state index in [1.165, 1.54) is 4.90 Å². The van der Waals surface area contributed by atoms with Crippen LogP contribution >= 0.6 is 11.8 Å². The van der Waals surface area contributed by atoms with Crippen LogP contribution in [0.25, 0.3) is 0 Å². The van der Waals surface area contributed by atoms with Gasteiger partial charge in [0, 0.05) is 38.3 Å². The predicted octanol–water partition coefficient (Wildman–Crippen LogP) is 2.42. The van der Waals surface area contributed by atoms with E-state index in [2.05, 4.69) is 0 Å². The molecule has 2 rings (SSSR count). The van der Waals surface area contributed by atoms with Crippen LogP contribution in [-0.2, 0) is 9.59 Å². The molecule has 1 saturated heterocycles. The van der Waals surface area contributed by atoms with Crippen LogP contribution in [0.5, 0.6) is 0 Å². The zero-order valence-corrected chi connectivity index (χ0v) is 15.1. The molecule has 1 atom stereocenters. The molecule has 0 radical (unpaired) electrons. The number of thioether (sulfide) groups is 1. The zero-order chi connectivity index (χ0) is 17.5. The summed E-state index contributed by atoms with van der Waals surface area (Å²) >= 11 is 1.61. The molecule has 1 aromatic carbocycles. The van der Waals surface area contributed by atoms with Gasteiger partial charge in [0.15, 0.2) is 5.78 Å². The van der Waals surface area contributed by atoms with E-state index in [0.29, 0.717) is 37.3 Å². The fourth-order valence-electron chi connectivity index (χ4n) is 2.66. The average molecular weight is 348 g/mol. The third-order valence-electron chi connectivity index (χ3n) is 4.07. The fraction of sp³-hybridized carbons (Fsp3) is 0.500. The first kappa shape index (κ1) is 18.5. The maximum atomic E-state index is 12.4. The minimum Gasteiger partial charge on any atom is -0.347 e. The number of hydrogen-bond donors (Lipinski definition) is 0. The van der Waals surface area contributed by atoms with Gasteiger partial charge in [-0.05, 0) is 12.8 Å². The maximum absolute atomic E-state index is 12.4. The summed E-state index contributed by atoms with van der Waals surface area (Å²) in [5, 5.41) is 0. The summed E-state index contributed by atoms with van der Waals surface area (Å²) in [5.74, 6) is 1.33. The summed E-state index contributed by atoms with van der Waals surface area (Å²) in [5.41, 5.74) is 0.719. The molecule has 0 aromatic heterocycles. The van der Waals surface area contributed by atoms with Crippen LogP contribution in [0.15, 0.2) is 30.3 Å². The van der Waals surface area contributed by atoms with Gasteiger partial charge in [0.05, 0.1) is 5.88 Å². The molecule has 24 heavy (non-hydrogen) atoms. The molecule has 5 nitrogen and oxygen atoms in total. The summed E-state index contributed by atoms with van der Waals surface area (Å²) in [6, 6.07) is 8.87. The SMILES string of the molecule is CN(C)C(=O)[C@@H]1CSCN1C(=O)CCCCC(=O)c1ccccc1. The molecule has 6 heteroatoms. The molecule has 0 aliphatic carbocycles. The number of benzene rings is 1. The predicted molar refractivity (Wildman–Crippen MR) is 95.9 cm³/mol. The van der Waals surface area contributed by atoms with Crippen LogP contribution in [0.1, 0.15) is 36.0 Å². The van der Waals surface area contributed by atoms with E-state index >= 15 is 0 Å². The van der Waals surface area contributed by atoms with Crippen molar-refractivity contribution in [1.29, 1.82) is 0 Å². The molecule has 0 bridgehead atoms. The van der Waals surface area contributed by atoms with Gasteiger partial charge < -0.3 is 9.80 Å². The second kappa shape index (κ2) is 8.87. The third-order valence-corrected chi connectivity index (χ3v) is 5.08. The molecule has 1 heterocycles. The Morgan fingerprint density at radius 1 is 1.12 bits per heavy atom. The van der Waals surface area contributed by atoms with Crippen LogP contribution in [0, 0.1) is 0 Å². The number of nitrogens with zero attached hydrogens (tertiary/aromatic N) is 2. The average Bonchev–Trinajstić information content (AvgIpc) is 3.08. The fourth-order valence-corrected chi connectivity index (χ4v) is 3.84. The lowest BCUT2D eigenvalue weighted by Gasteiger charge is -2.25. The Balaban J connectivity index is 1.75. The Hall–Kier alpha value is -1.82. The first-order valence-corrected chi connectivity index (χ1v) is 9.33. The van der Waals surface area contributed by atoms with Gasteiger partial charge in [-0.2, -0.15) is 0 Å². The van der Waals surface area contributed by atoms with E-state index in [4.69, 9.17) is 0 Å². The van der Waals surface area contributed by atoms with Crippen molar-refractivity contribution in [2.45, 2.75) is 31.7 Å². The number of amides is 2. The Morgan fingerprint density at radius 2 is 1.79 bits per heavy atom. The summed E-state index contributed by atoms with van der Waals surface area (Å²) < 4.78 is 0. The largest absolute Gasteiger partial charge is 0.347 e. The molecule has 1 aliphatic heterocycles. The second-order valence-electron chi connectivity index (χ2n) is 6.11. The van der Waals surface area contributed by atoms with Gasteiger partial charge in [-0.25, -0.2) is 0 Å². The van der Waals surface area contributed by atoms with E-state index < -0.39 is 0 Å². The maximum Gasteiger partial charge on any atom is 0.245 e. The monoisotopic (exact) mass is 348 g/mol. The van der Waals surface area contributed by atoms with E-state index in [1.807, 2.05) is 30.3 Å². The minimum absolute atomic E-state index is 0.00681. The van der Waals surface area contributed by atoms with Crippen molar-refractivity contribution in [3.63, 3.8) is 0 Å². The van der Waals surface area contributed by atoms with Gasteiger partial charge in [0.2, 0.25) is 11.8 Å². The van der Waals surface area contributed by atoms with E-state index in [9.17, 15) is 14.4 Å². The molecule has 0 unspecified atom stereocenters. The van der Waals surface area contributed by atoms with Gasteiger partial charge in [0.1, 0.15) is 6.04 Å². The van der Waals surface area contributed by atoms with Crippen molar-refractivity contribution in [1.82, 2.24) is 9.80 Å². The number of ketones is 1. The van der Waals surface area contributed by atoms with E-state index in [-0.39, 0.29) is 23.6 Å². The van der Waals surface area contributed by atoms with Gasteiger partial charge in [-0.15, -0.1) is 11.8 Å². The van der Waals surface area contributed by atoms with Crippen molar-refractivity contribution in [3.8, 4) is 0 Å². The van der Waals surface area contributed by atoms with Crippen molar-refractivity contribution in [2.75, 3.05) is 25.7 Å². The molecule has 0 saturated carbocycles. The molecule has 1 aliphatic rings. The van der Waals surface area contributed by atoms with Crippen LogP contribution in [0.3, 0.4) is 0 Å². The number of hydrogen-bond acceptors (Lipinski definition) is 4. The minimum atomic E-state index is -0.344. The Morgan fingerprint density at radius 3 is 2.46 bits per heavy atom. The summed E-state index contributed by atoms with van der Waals surface area (Å²) in [7, 11) is 3.42. The van der Waals surface area contributed by atoms with Crippen LogP contribution in [0.2, 0.25) is 0 Å². The van der Waals surface area contributed by atoms with Crippen molar-refractivity contribution in [3.05, 3.63) is 35.9 Å². The number of rotatable bonds is 7. The highest BCUT2D eigenvalue weighted by Crippen LogP contribution is 2.23. The number of unbranched alkanes of at least 4 members (excludes halogenated alkanes) is 1. The molecule has 0 spiro atoms. The summed E-state index contributed by atoms with van der Waals surface area (Å²) in [6.45, 7) is 0. The molecular weight excluding hydrogens is 324 g/mol. The Bertz CT molecular complexity index is 589. The van der Waals surface area contributed by atoms with Crippen molar-refractivity contribution in [2.24, 2.45) is 0 Å². The lowest BCUT2D eigenvalue weighted by Crippen LogP contribution is -2.46. The van der Waals surface area contributed by atoms with Gasteiger partial charge in [0.25, 0.3) is 0 Å². The number of carbonyl (C=O) groups excluding carboxylic acids is 3. The summed E-state index contributed by atoms with van der Waals surface area (Å²) in [6.07, 6.45) is 2.19. The van der Waals surface area contributed by atoms with Crippen LogP contribution in [0.4, 0.5) is 0 Å². The quantitative estimate of drug-likeness (QED) is 0.561. The lowest BCUT2D eigenvalue weighted by molar-refractivity contribution is -0.141. The molecule has 130 valence electrons. The van der Waals surface area contributed by atoms with E-state index in [0.717, 1.165) is 5.56 Å². The standard InChI is InChI=1S/C18H24N2O3S/c1-19(2)18(23)15-12-24-13-20(15)17(22)11-7-6-10-16(21)14-8-4-3-5-9-14/h3-5,8-9,15H,6-7,10-13H2,1-2H3/t15-/m0/s1. The van der Waals surface area contributed by atoms with E-state index in [1.54, 1.807) is 30.8 Å². The Labute approximate surface area is 147 Å². The Kier molecular flexibility index (Phi) is 6.85. The smallest absolute Gasteiger partial charge is 0.245 e. The molecule has 0 N–H and O–H groups in total. The zero-order valence-electron chi connectivity index (χ0n) is 14.2.